The number of hydrogen-bond acceptors (Lipinski definition) is 5. The first-order valence-electron chi connectivity index (χ1n) is 5.12. The molecule has 1 aromatic rings. The monoisotopic (exact) mass is 262 g/mol. The minimum Gasteiger partial charge on any atom is -0.396 e. The fraction of sp³-hybridized carbons (Fsp3) is 0.455. The summed E-state index contributed by atoms with van der Waals surface area (Å²) in [5.41, 5.74) is 3.12. The Hall–Kier alpha value is -0.550. The lowest BCUT2D eigenvalue weighted by atomic mass is 9.96. The van der Waals surface area contributed by atoms with Crippen LogP contribution in [0.15, 0.2) is 18.2 Å². The zero-order chi connectivity index (χ0) is 13.4. The van der Waals surface area contributed by atoms with Gasteiger partial charge in [0.2, 0.25) is 0 Å². The molecule has 0 aliphatic rings. The molecule has 0 amide bonds. The van der Waals surface area contributed by atoms with Crippen LogP contribution in [0.25, 0.3) is 0 Å². The van der Waals surface area contributed by atoms with E-state index in [-0.39, 0.29) is 6.61 Å². The maximum Gasteiger partial charge on any atom is 0.324 e. The molecule has 0 fully saturated rings. The second-order valence-electron chi connectivity index (χ2n) is 3.60. The van der Waals surface area contributed by atoms with Crippen molar-refractivity contribution in [1.29, 1.82) is 0 Å². The molecule has 0 radical (unpaired) electrons. The second kappa shape index (κ2) is 8.53. The smallest absolute Gasteiger partial charge is 0.324 e. The third-order valence-electron chi connectivity index (χ3n) is 2.28. The van der Waals surface area contributed by atoms with Crippen molar-refractivity contribution in [1.82, 2.24) is 0 Å². The highest BCUT2D eigenvalue weighted by Gasteiger charge is 2.11. The minimum atomic E-state index is -2.62. The zero-order valence-electron chi connectivity index (χ0n) is 9.91. The molecular weight excluding hydrogens is 243 g/mol. The Kier molecular flexibility index (Phi) is 8.25. The van der Waals surface area contributed by atoms with Gasteiger partial charge in [-0.05, 0) is 30.5 Å². The zero-order valence-corrected chi connectivity index (χ0v) is 10.8. The summed E-state index contributed by atoms with van der Waals surface area (Å²) in [7, 11) is -2.62. The first-order chi connectivity index (χ1) is 7.90. The van der Waals surface area contributed by atoms with E-state index in [2.05, 4.69) is 0 Å². The fourth-order valence-corrected chi connectivity index (χ4v) is 1.62. The molecule has 6 heteroatoms. The van der Waals surface area contributed by atoms with Gasteiger partial charge in [0.1, 0.15) is 0 Å². The number of benzene rings is 1. The van der Waals surface area contributed by atoms with Crippen molar-refractivity contribution in [2.24, 2.45) is 0 Å². The summed E-state index contributed by atoms with van der Waals surface area (Å²) in [6.45, 7) is 3.97. The predicted molar refractivity (Wildman–Crippen MR) is 66.2 cm³/mol. The van der Waals surface area contributed by atoms with Gasteiger partial charge in [0.25, 0.3) is 0 Å². The normalized spacial score (nSPS) is 12.0. The summed E-state index contributed by atoms with van der Waals surface area (Å²) in [6, 6.07) is 5.92. The molecule has 17 heavy (non-hydrogen) atoms. The summed E-state index contributed by atoms with van der Waals surface area (Å²) in [5, 5.41) is 18.4. The Bertz CT molecular complexity index is 307. The Balaban J connectivity index is 0.000000557. The van der Waals surface area contributed by atoms with Crippen LogP contribution in [0.5, 0.6) is 0 Å². The van der Waals surface area contributed by atoms with Crippen LogP contribution in [0, 0.1) is 13.8 Å². The quantitative estimate of drug-likeness (QED) is 0.521. The lowest BCUT2D eigenvalue weighted by molar-refractivity contribution is 0.133. The van der Waals surface area contributed by atoms with Crippen molar-refractivity contribution in [3.8, 4) is 0 Å². The molecule has 0 saturated carbocycles. The van der Waals surface area contributed by atoms with E-state index < -0.39 is 14.7 Å². The molecule has 1 rings (SSSR count). The summed E-state index contributed by atoms with van der Waals surface area (Å²) in [5.74, 6) is 0. The molecule has 5 nitrogen and oxygen atoms in total. The number of aliphatic hydroxyl groups is 2. The van der Waals surface area contributed by atoms with Crippen LogP contribution in [0.2, 0.25) is 0 Å². The largest absolute Gasteiger partial charge is 0.396 e. The van der Waals surface area contributed by atoms with E-state index in [1.807, 2.05) is 32.0 Å². The summed E-state index contributed by atoms with van der Waals surface area (Å²) >= 11 is 0. The average molecular weight is 262 g/mol. The molecule has 98 valence electrons. The van der Waals surface area contributed by atoms with Gasteiger partial charge in [-0.15, -0.1) is 0 Å². The number of rotatable bonds is 3. The maximum absolute atomic E-state index is 9.72. The van der Waals surface area contributed by atoms with E-state index in [1.165, 1.54) is 0 Å². The van der Waals surface area contributed by atoms with Crippen molar-refractivity contribution in [2.75, 3.05) is 6.61 Å². The molecule has 0 bridgehead atoms. The van der Waals surface area contributed by atoms with Gasteiger partial charge in [0.05, 0.1) is 6.10 Å². The molecule has 0 aliphatic carbocycles. The third-order valence-corrected chi connectivity index (χ3v) is 2.28. The van der Waals surface area contributed by atoms with E-state index in [0.29, 0.717) is 6.42 Å². The van der Waals surface area contributed by atoms with Crippen molar-refractivity contribution >= 4 is 8.60 Å². The van der Waals surface area contributed by atoms with Crippen molar-refractivity contribution in [2.45, 2.75) is 26.4 Å². The maximum atomic E-state index is 9.72. The third kappa shape index (κ3) is 6.68. The first-order valence-corrected chi connectivity index (χ1v) is 6.32. The van der Waals surface area contributed by atoms with Gasteiger partial charge in [-0.2, -0.15) is 0 Å². The van der Waals surface area contributed by atoms with Crippen molar-refractivity contribution in [3.05, 3.63) is 34.9 Å². The summed E-state index contributed by atoms with van der Waals surface area (Å²) in [4.78, 5) is 21.7. The molecule has 0 aromatic heterocycles. The Labute approximate surface area is 102 Å². The van der Waals surface area contributed by atoms with E-state index >= 15 is 0 Å². The van der Waals surface area contributed by atoms with Crippen LogP contribution in [-0.2, 0) is 0 Å². The highest BCUT2D eigenvalue weighted by atomic mass is 31.2. The number of aryl methyl sites for hydroxylation is 2. The van der Waals surface area contributed by atoms with Gasteiger partial charge in [0, 0.05) is 13.0 Å². The van der Waals surface area contributed by atoms with Gasteiger partial charge in [0.15, 0.2) is 0 Å². The molecule has 0 saturated heterocycles. The predicted octanol–water partition coefficient (Wildman–Crippen LogP) is 0.909. The lowest BCUT2D eigenvalue weighted by Crippen LogP contribution is -2.04. The van der Waals surface area contributed by atoms with Gasteiger partial charge in [-0.1, -0.05) is 18.2 Å². The van der Waals surface area contributed by atoms with Crippen LogP contribution in [-0.4, -0.2) is 31.5 Å². The van der Waals surface area contributed by atoms with Crippen molar-refractivity contribution < 1.29 is 24.9 Å². The standard InChI is InChI=1S/C11H16O2.H3O3P/c1-8-4-3-5-9(2)11(8)10(13)6-7-12;1-4(2)3/h3-5,10,12-13H,6-7H2,1-2H3;1-3H. The average Bonchev–Trinajstić information content (AvgIpc) is 2.16. The van der Waals surface area contributed by atoms with Crippen LogP contribution in [0.3, 0.4) is 0 Å². The summed E-state index contributed by atoms with van der Waals surface area (Å²) < 4.78 is 0. The molecule has 1 atom stereocenters. The van der Waals surface area contributed by atoms with Gasteiger partial charge in [-0.25, -0.2) is 0 Å². The molecular formula is C11H19O5P. The number of aliphatic hydroxyl groups excluding tert-OH is 2. The van der Waals surface area contributed by atoms with Crippen LogP contribution < -0.4 is 0 Å². The minimum absolute atomic E-state index is 0.0228. The molecule has 1 unspecified atom stereocenters. The van der Waals surface area contributed by atoms with Crippen LogP contribution >= 0.6 is 8.60 Å². The van der Waals surface area contributed by atoms with Crippen LogP contribution in [0.4, 0.5) is 0 Å². The van der Waals surface area contributed by atoms with E-state index in [4.69, 9.17) is 19.8 Å². The van der Waals surface area contributed by atoms with Crippen molar-refractivity contribution in [3.63, 3.8) is 0 Å². The van der Waals surface area contributed by atoms with E-state index in [0.717, 1.165) is 16.7 Å². The van der Waals surface area contributed by atoms with E-state index in [1.54, 1.807) is 0 Å². The lowest BCUT2D eigenvalue weighted by Gasteiger charge is -2.15. The van der Waals surface area contributed by atoms with E-state index in [9.17, 15) is 5.11 Å². The highest BCUT2D eigenvalue weighted by molar-refractivity contribution is 7.38. The molecule has 0 heterocycles. The summed E-state index contributed by atoms with van der Waals surface area (Å²) in [6.07, 6.45) is -0.128. The molecule has 5 N–H and O–H groups in total. The van der Waals surface area contributed by atoms with Gasteiger partial charge >= 0.3 is 8.60 Å². The fourth-order valence-electron chi connectivity index (χ4n) is 1.62. The number of hydrogen-bond donors (Lipinski definition) is 5. The van der Waals surface area contributed by atoms with Crippen LogP contribution in [0.1, 0.15) is 29.2 Å². The van der Waals surface area contributed by atoms with Gasteiger partial charge < -0.3 is 24.9 Å². The first kappa shape index (κ1) is 16.4. The topological polar surface area (TPSA) is 101 Å². The van der Waals surface area contributed by atoms with Gasteiger partial charge in [-0.3, -0.25) is 0 Å². The highest BCUT2D eigenvalue weighted by Crippen LogP contribution is 2.23. The molecule has 0 spiro atoms. The Morgan fingerprint density at radius 2 is 1.53 bits per heavy atom. The SMILES string of the molecule is Cc1cccc(C)c1C(O)CCO.OP(O)O. The Morgan fingerprint density at radius 3 is 1.88 bits per heavy atom. The molecule has 0 aliphatic heterocycles. The molecule has 1 aromatic carbocycles. The Morgan fingerprint density at radius 1 is 1.12 bits per heavy atom. The second-order valence-corrected chi connectivity index (χ2v) is 4.14.